The Kier molecular flexibility index (Phi) is 4.66. The van der Waals surface area contributed by atoms with Crippen LogP contribution in [0.4, 0.5) is 4.39 Å². The molecular formula is C22H18FN3O. The summed E-state index contributed by atoms with van der Waals surface area (Å²) in [6.45, 7) is 0.377. The maximum absolute atomic E-state index is 14.2. The van der Waals surface area contributed by atoms with Gasteiger partial charge in [0, 0.05) is 19.2 Å². The second-order valence-electron chi connectivity index (χ2n) is 6.24. The normalized spacial score (nSPS) is 10.9. The Morgan fingerprint density at radius 1 is 1.00 bits per heavy atom. The number of pyridine rings is 1. The van der Waals surface area contributed by atoms with Gasteiger partial charge in [0.15, 0.2) is 0 Å². The lowest BCUT2D eigenvalue weighted by Crippen LogP contribution is -2.27. The van der Waals surface area contributed by atoms with E-state index in [2.05, 4.69) is 10.3 Å². The highest BCUT2D eigenvalue weighted by Gasteiger charge is 2.13. The summed E-state index contributed by atoms with van der Waals surface area (Å²) in [5, 5.41) is 2.79. The first-order chi connectivity index (χ1) is 13.2. The lowest BCUT2D eigenvalue weighted by molar-refractivity contribution is 0.0950. The number of carbonyl (C=O) groups excluding carboxylic acids is 1. The SMILES string of the molecule is O=C(NCCc1ncc2ccccn12)c1cc(-c2ccccc2)ccc1F. The van der Waals surface area contributed by atoms with Crippen LogP contribution in [0.15, 0.2) is 79.1 Å². The largest absolute Gasteiger partial charge is 0.351 e. The van der Waals surface area contributed by atoms with Gasteiger partial charge < -0.3 is 9.72 Å². The van der Waals surface area contributed by atoms with Crippen LogP contribution in [-0.2, 0) is 6.42 Å². The first kappa shape index (κ1) is 17.0. The van der Waals surface area contributed by atoms with Gasteiger partial charge in [-0.15, -0.1) is 0 Å². The van der Waals surface area contributed by atoms with Crippen LogP contribution < -0.4 is 5.32 Å². The second kappa shape index (κ2) is 7.41. The Bertz CT molecular complexity index is 1090. The van der Waals surface area contributed by atoms with E-state index >= 15 is 0 Å². The van der Waals surface area contributed by atoms with Gasteiger partial charge >= 0.3 is 0 Å². The number of amides is 1. The van der Waals surface area contributed by atoms with Gasteiger partial charge in [-0.05, 0) is 35.4 Å². The van der Waals surface area contributed by atoms with E-state index < -0.39 is 11.7 Å². The molecule has 4 nitrogen and oxygen atoms in total. The first-order valence-electron chi connectivity index (χ1n) is 8.76. The van der Waals surface area contributed by atoms with Gasteiger partial charge in [-0.1, -0.05) is 42.5 Å². The van der Waals surface area contributed by atoms with Crippen molar-refractivity contribution in [2.45, 2.75) is 6.42 Å². The summed E-state index contributed by atoms with van der Waals surface area (Å²) in [7, 11) is 0. The highest BCUT2D eigenvalue weighted by Crippen LogP contribution is 2.22. The average molecular weight is 359 g/mol. The van der Waals surface area contributed by atoms with Crippen LogP contribution in [0.25, 0.3) is 16.6 Å². The van der Waals surface area contributed by atoms with E-state index in [1.54, 1.807) is 18.3 Å². The molecular weight excluding hydrogens is 341 g/mol. The van der Waals surface area contributed by atoms with Gasteiger partial charge in [0.05, 0.1) is 17.3 Å². The highest BCUT2D eigenvalue weighted by molar-refractivity contribution is 5.95. The van der Waals surface area contributed by atoms with Gasteiger partial charge in [0.1, 0.15) is 11.6 Å². The molecule has 2 aromatic heterocycles. The number of carbonyl (C=O) groups is 1. The van der Waals surface area contributed by atoms with Gasteiger partial charge in [-0.3, -0.25) is 4.79 Å². The molecule has 0 saturated heterocycles. The molecule has 0 fully saturated rings. The summed E-state index contributed by atoms with van der Waals surface area (Å²) in [6, 6.07) is 20.0. The van der Waals surface area contributed by atoms with Crippen molar-refractivity contribution >= 4 is 11.4 Å². The minimum Gasteiger partial charge on any atom is -0.351 e. The van der Waals surface area contributed by atoms with E-state index in [4.69, 9.17) is 0 Å². The zero-order chi connectivity index (χ0) is 18.6. The molecule has 0 unspecified atom stereocenters. The quantitative estimate of drug-likeness (QED) is 0.583. The standard InChI is InChI=1S/C22H18FN3O/c23-20-10-9-17(16-6-2-1-3-7-16)14-19(20)22(27)24-12-11-21-25-15-18-8-4-5-13-26(18)21/h1-10,13-15H,11-12H2,(H,24,27). The van der Waals surface area contributed by atoms with Gasteiger partial charge in [0.2, 0.25) is 0 Å². The van der Waals surface area contributed by atoms with Crippen molar-refractivity contribution in [2.24, 2.45) is 0 Å². The Balaban J connectivity index is 1.47. The number of imidazole rings is 1. The van der Waals surface area contributed by atoms with Crippen molar-refractivity contribution in [1.82, 2.24) is 14.7 Å². The van der Waals surface area contributed by atoms with Crippen molar-refractivity contribution in [3.05, 3.63) is 96.3 Å². The van der Waals surface area contributed by atoms with E-state index in [0.29, 0.717) is 13.0 Å². The third kappa shape index (κ3) is 3.58. The van der Waals surface area contributed by atoms with Crippen LogP contribution in [0.5, 0.6) is 0 Å². The minimum atomic E-state index is -0.529. The lowest BCUT2D eigenvalue weighted by Gasteiger charge is -2.08. The van der Waals surface area contributed by atoms with Crippen LogP contribution in [0.1, 0.15) is 16.2 Å². The fourth-order valence-corrected chi connectivity index (χ4v) is 3.08. The predicted molar refractivity (Wildman–Crippen MR) is 103 cm³/mol. The molecule has 27 heavy (non-hydrogen) atoms. The highest BCUT2D eigenvalue weighted by atomic mass is 19.1. The van der Waals surface area contributed by atoms with Crippen molar-refractivity contribution in [3.8, 4) is 11.1 Å². The Morgan fingerprint density at radius 3 is 2.67 bits per heavy atom. The summed E-state index contributed by atoms with van der Waals surface area (Å²) >= 11 is 0. The maximum atomic E-state index is 14.2. The zero-order valence-electron chi connectivity index (χ0n) is 14.6. The van der Waals surface area contributed by atoms with Crippen molar-refractivity contribution in [2.75, 3.05) is 6.54 Å². The molecule has 0 aliphatic carbocycles. The van der Waals surface area contributed by atoms with E-state index in [1.165, 1.54) is 6.07 Å². The molecule has 2 heterocycles. The third-order valence-corrected chi connectivity index (χ3v) is 4.47. The lowest BCUT2D eigenvalue weighted by atomic mass is 10.0. The van der Waals surface area contributed by atoms with Crippen molar-refractivity contribution < 1.29 is 9.18 Å². The molecule has 5 heteroatoms. The molecule has 0 aliphatic heterocycles. The second-order valence-corrected chi connectivity index (χ2v) is 6.24. The summed E-state index contributed by atoms with van der Waals surface area (Å²) in [5.41, 5.74) is 2.79. The molecule has 1 N–H and O–H groups in total. The summed E-state index contributed by atoms with van der Waals surface area (Å²) in [4.78, 5) is 16.8. The van der Waals surface area contributed by atoms with Crippen LogP contribution in [0, 0.1) is 5.82 Å². The molecule has 0 aliphatic rings. The zero-order valence-corrected chi connectivity index (χ0v) is 14.6. The molecule has 0 saturated carbocycles. The molecule has 0 bridgehead atoms. The van der Waals surface area contributed by atoms with Crippen molar-refractivity contribution in [1.29, 1.82) is 0 Å². The Morgan fingerprint density at radius 2 is 1.81 bits per heavy atom. The molecule has 0 atom stereocenters. The molecule has 4 rings (SSSR count). The maximum Gasteiger partial charge on any atom is 0.254 e. The van der Waals surface area contributed by atoms with Crippen LogP contribution in [0.2, 0.25) is 0 Å². The summed E-state index contributed by atoms with van der Waals surface area (Å²) in [6.07, 6.45) is 4.28. The number of benzene rings is 2. The molecule has 2 aromatic carbocycles. The molecule has 4 aromatic rings. The average Bonchev–Trinajstić information content (AvgIpc) is 3.12. The van der Waals surface area contributed by atoms with E-state index in [1.807, 2.05) is 59.1 Å². The van der Waals surface area contributed by atoms with E-state index in [9.17, 15) is 9.18 Å². The number of aromatic nitrogens is 2. The number of fused-ring (bicyclic) bond motifs is 1. The first-order valence-corrected chi connectivity index (χ1v) is 8.76. The summed E-state index contributed by atoms with van der Waals surface area (Å²) < 4.78 is 16.1. The monoisotopic (exact) mass is 359 g/mol. The molecule has 0 spiro atoms. The summed E-state index contributed by atoms with van der Waals surface area (Å²) in [5.74, 6) is -0.103. The fraction of sp³-hybridized carbons (Fsp3) is 0.0909. The van der Waals surface area contributed by atoms with Crippen LogP contribution in [-0.4, -0.2) is 21.8 Å². The predicted octanol–water partition coefficient (Wildman–Crippen LogP) is 4.11. The number of hydrogen-bond donors (Lipinski definition) is 1. The third-order valence-electron chi connectivity index (χ3n) is 4.47. The number of hydrogen-bond acceptors (Lipinski definition) is 2. The number of nitrogens with zero attached hydrogens (tertiary/aromatic N) is 2. The van der Waals surface area contributed by atoms with Crippen LogP contribution in [0.3, 0.4) is 0 Å². The fourth-order valence-electron chi connectivity index (χ4n) is 3.08. The van der Waals surface area contributed by atoms with Gasteiger partial charge in [0.25, 0.3) is 5.91 Å². The number of rotatable bonds is 5. The smallest absolute Gasteiger partial charge is 0.254 e. The molecule has 1 amide bonds. The molecule has 0 radical (unpaired) electrons. The van der Waals surface area contributed by atoms with Crippen molar-refractivity contribution in [3.63, 3.8) is 0 Å². The number of halogens is 1. The minimum absolute atomic E-state index is 0.0457. The van der Waals surface area contributed by atoms with Gasteiger partial charge in [-0.2, -0.15) is 0 Å². The van der Waals surface area contributed by atoms with E-state index in [-0.39, 0.29) is 5.56 Å². The topological polar surface area (TPSA) is 46.4 Å². The van der Waals surface area contributed by atoms with E-state index in [0.717, 1.165) is 22.5 Å². The Hall–Kier alpha value is -3.47. The Labute approximate surface area is 156 Å². The van der Waals surface area contributed by atoms with Gasteiger partial charge in [-0.25, -0.2) is 9.37 Å². The molecule has 134 valence electrons. The van der Waals surface area contributed by atoms with Crippen LogP contribution >= 0.6 is 0 Å². The number of nitrogens with one attached hydrogen (secondary N) is 1.